The van der Waals surface area contributed by atoms with E-state index in [2.05, 4.69) is 11.4 Å². The van der Waals surface area contributed by atoms with Gasteiger partial charge in [-0.3, -0.25) is 9.59 Å². The maximum absolute atomic E-state index is 13.4. The Morgan fingerprint density at radius 1 is 0.917 bits per heavy atom. The van der Waals surface area contributed by atoms with Crippen LogP contribution in [0.4, 0.5) is 5.13 Å². The third kappa shape index (κ3) is 5.10. The Balaban J connectivity index is 1.52. The van der Waals surface area contributed by atoms with Gasteiger partial charge in [-0.05, 0) is 47.7 Å². The quantitative estimate of drug-likeness (QED) is 0.187. The molecule has 0 aliphatic heterocycles. The minimum Gasteiger partial charge on any atom is -0.468 e. The fourth-order valence-corrected chi connectivity index (χ4v) is 6.17. The third-order valence-electron chi connectivity index (χ3n) is 5.84. The predicted molar refractivity (Wildman–Crippen MR) is 144 cm³/mol. The van der Waals surface area contributed by atoms with Crippen LogP contribution >= 0.6 is 22.7 Å². The summed E-state index contributed by atoms with van der Waals surface area (Å²) in [6, 6.07) is 24.6. The standard InChI is InChI=1S/C28H24N2O4S2/c1-17-12-13-20-22(14-17)36-28(29-20)30-25(23-15-19-10-6-7-11-21(19)35-23)24(26(31)33-2)27(32)34-16-18-8-4-3-5-9-18/h3-15,24-25H,16H2,1-2H3,(H,29,30)/t24?,25-/m0/s1. The minimum absolute atomic E-state index is 0.0622. The number of methoxy groups -OCH3 is 1. The lowest BCUT2D eigenvalue weighted by Gasteiger charge is -2.24. The molecule has 0 bridgehead atoms. The highest BCUT2D eigenvalue weighted by molar-refractivity contribution is 7.22. The maximum Gasteiger partial charge on any atom is 0.323 e. The number of fused-ring (bicyclic) bond motifs is 2. The van der Waals surface area contributed by atoms with Crippen molar-refractivity contribution in [3.63, 3.8) is 0 Å². The fourth-order valence-electron chi connectivity index (χ4n) is 4.01. The van der Waals surface area contributed by atoms with Gasteiger partial charge in [0.2, 0.25) is 0 Å². The second-order valence-corrected chi connectivity index (χ2v) is 10.5. The van der Waals surface area contributed by atoms with Crippen molar-refractivity contribution in [1.29, 1.82) is 0 Å². The van der Waals surface area contributed by atoms with E-state index in [-0.39, 0.29) is 6.61 Å². The normalized spacial score (nSPS) is 12.8. The lowest BCUT2D eigenvalue weighted by Crippen LogP contribution is -2.36. The van der Waals surface area contributed by atoms with Crippen LogP contribution in [0.1, 0.15) is 22.0 Å². The summed E-state index contributed by atoms with van der Waals surface area (Å²) in [7, 11) is 1.28. The van der Waals surface area contributed by atoms with Crippen molar-refractivity contribution in [2.45, 2.75) is 19.6 Å². The van der Waals surface area contributed by atoms with Gasteiger partial charge in [-0.2, -0.15) is 0 Å². The number of ether oxygens (including phenoxy) is 2. The van der Waals surface area contributed by atoms with Gasteiger partial charge in [-0.1, -0.05) is 65.9 Å². The Hall–Kier alpha value is -3.75. The van der Waals surface area contributed by atoms with E-state index < -0.39 is 23.9 Å². The number of aromatic nitrogens is 1. The van der Waals surface area contributed by atoms with Gasteiger partial charge in [0.25, 0.3) is 0 Å². The average molecular weight is 517 g/mol. The number of nitrogens with one attached hydrogen (secondary N) is 1. The molecule has 5 aromatic rings. The van der Waals surface area contributed by atoms with Crippen molar-refractivity contribution >= 4 is 60.0 Å². The van der Waals surface area contributed by atoms with Crippen LogP contribution in [0.3, 0.4) is 0 Å². The summed E-state index contributed by atoms with van der Waals surface area (Å²) in [5.41, 5.74) is 2.82. The summed E-state index contributed by atoms with van der Waals surface area (Å²) in [6.07, 6.45) is 0. The SMILES string of the molecule is COC(=O)C(C(=O)OCc1ccccc1)[C@@H](Nc1nc2ccc(C)cc2s1)c1cc2ccccc2s1. The highest BCUT2D eigenvalue weighted by Gasteiger charge is 2.40. The number of anilines is 1. The van der Waals surface area contributed by atoms with E-state index in [1.807, 2.05) is 79.7 Å². The largest absolute Gasteiger partial charge is 0.468 e. The van der Waals surface area contributed by atoms with Crippen LogP contribution in [0.15, 0.2) is 78.9 Å². The number of carbonyl (C=O) groups is 2. The van der Waals surface area contributed by atoms with E-state index in [1.165, 1.54) is 29.8 Å². The van der Waals surface area contributed by atoms with E-state index in [9.17, 15) is 9.59 Å². The molecule has 1 unspecified atom stereocenters. The van der Waals surface area contributed by atoms with Gasteiger partial charge >= 0.3 is 11.9 Å². The van der Waals surface area contributed by atoms with Crippen molar-refractivity contribution in [2.75, 3.05) is 12.4 Å². The van der Waals surface area contributed by atoms with Crippen LogP contribution in [0.2, 0.25) is 0 Å². The van der Waals surface area contributed by atoms with E-state index in [4.69, 9.17) is 14.5 Å². The van der Waals surface area contributed by atoms with Gasteiger partial charge in [-0.15, -0.1) is 11.3 Å². The van der Waals surface area contributed by atoms with Crippen LogP contribution < -0.4 is 5.32 Å². The van der Waals surface area contributed by atoms with Crippen LogP contribution in [-0.4, -0.2) is 24.0 Å². The Morgan fingerprint density at radius 3 is 2.47 bits per heavy atom. The molecule has 36 heavy (non-hydrogen) atoms. The summed E-state index contributed by atoms with van der Waals surface area (Å²) >= 11 is 3.00. The molecule has 0 fully saturated rings. The molecule has 0 amide bonds. The summed E-state index contributed by atoms with van der Waals surface area (Å²) in [5.74, 6) is -2.54. The zero-order valence-electron chi connectivity index (χ0n) is 19.8. The fraction of sp³-hybridized carbons (Fsp3) is 0.179. The molecule has 0 spiro atoms. The second-order valence-electron chi connectivity index (χ2n) is 8.39. The molecule has 2 atom stereocenters. The Morgan fingerprint density at radius 2 is 1.69 bits per heavy atom. The van der Waals surface area contributed by atoms with Crippen LogP contribution in [-0.2, 0) is 25.7 Å². The maximum atomic E-state index is 13.4. The Bertz CT molecular complexity index is 1490. The molecular weight excluding hydrogens is 492 g/mol. The summed E-state index contributed by atoms with van der Waals surface area (Å²) in [6.45, 7) is 2.09. The molecule has 0 radical (unpaired) electrons. The number of thiophene rings is 1. The first-order valence-electron chi connectivity index (χ1n) is 11.4. The summed E-state index contributed by atoms with van der Waals surface area (Å²) in [5, 5.41) is 5.02. The van der Waals surface area contributed by atoms with E-state index >= 15 is 0 Å². The van der Waals surface area contributed by atoms with Gasteiger partial charge in [0.05, 0.1) is 23.4 Å². The van der Waals surface area contributed by atoms with Gasteiger partial charge in [0.1, 0.15) is 6.61 Å². The van der Waals surface area contributed by atoms with Gasteiger partial charge in [-0.25, -0.2) is 4.98 Å². The molecule has 182 valence electrons. The van der Waals surface area contributed by atoms with E-state index in [0.29, 0.717) is 5.13 Å². The number of carbonyl (C=O) groups excluding carboxylic acids is 2. The van der Waals surface area contributed by atoms with E-state index in [0.717, 1.165) is 36.3 Å². The van der Waals surface area contributed by atoms with Gasteiger partial charge in [0, 0.05) is 9.58 Å². The number of hydrogen-bond donors (Lipinski definition) is 1. The molecular formula is C28H24N2O4S2. The topological polar surface area (TPSA) is 77.5 Å². The molecule has 0 aliphatic rings. The molecule has 3 aromatic carbocycles. The predicted octanol–water partition coefficient (Wildman–Crippen LogP) is 6.51. The highest BCUT2D eigenvalue weighted by atomic mass is 32.1. The van der Waals surface area contributed by atoms with Crippen LogP contribution in [0.25, 0.3) is 20.3 Å². The Kier molecular flexibility index (Phi) is 6.97. The van der Waals surface area contributed by atoms with Crippen molar-refractivity contribution in [2.24, 2.45) is 5.92 Å². The molecule has 8 heteroatoms. The first-order valence-corrected chi connectivity index (χ1v) is 13.1. The third-order valence-corrected chi connectivity index (χ3v) is 7.99. The first-order chi connectivity index (χ1) is 17.5. The highest BCUT2D eigenvalue weighted by Crippen LogP contribution is 2.38. The number of hydrogen-bond acceptors (Lipinski definition) is 8. The molecule has 0 saturated heterocycles. The number of aryl methyl sites for hydroxylation is 1. The van der Waals surface area contributed by atoms with Gasteiger partial charge < -0.3 is 14.8 Å². The summed E-state index contributed by atoms with van der Waals surface area (Å²) < 4.78 is 12.8. The number of nitrogens with zero attached hydrogens (tertiary/aromatic N) is 1. The van der Waals surface area contributed by atoms with Crippen molar-refractivity contribution < 1.29 is 19.1 Å². The number of benzene rings is 3. The lowest BCUT2D eigenvalue weighted by molar-refractivity contribution is -0.162. The monoisotopic (exact) mass is 516 g/mol. The molecule has 1 N–H and O–H groups in total. The van der Waals surface area contributed by atoms with Crippen LogP contribution in [0.5, 0.6) is 0 Å². The van der Waals surface area contributed by atoms with E-state index in [1.54, 1.807) is 0 Å². The molecule has 0 aliphatic carbocycles. The van der Waals surface area contributed by atoms with Crippen molar-refractivity contribution in [3.05, 3.63) is 94.9 Å². The lowest BCUT2D eigenvalue weighted by atomic mass is 9.98. The number of esters is 2. The molecule has 2 heterocycles. The molecule has 0 saturated carbocycles. The van der Waals surface area contributed by atoms with Crippen molar-refractivity contribution in [1.82, 2.24) is 4.98 Å². The van der Waals surface area contributed by atoms with Crippen LogP contribution in [0, 0.1) is 12.8 Å². The van der Waals surface area contributed by atoms with Crippen molar-refractivity contribution in [3.8, 4) is 0 Å². The second kappa shape index (κ2) is 10.5. The minimum atomic E-state index is -1.22. The smallest absolute Gasteiger partial charge is 0.323 e. The molecule has 6 nitrogen and oxygen atoms in total. The van der Waals surface area contributed by atoms with Gasteiger partial charge in [0.15, 0.2) is 11.0 Å². The zero-order valence-corrected chi connectivity index (χ0v) is 21.4. The summed E-state index contributed by atoms with van der Waals surface area (Å²) in [4.78, 5) is 31.9. The number of thiazole rings is 1. The number of rotatable bonds is 8. The molecule has 5 rings (SSSR count). The average Bonchev–Trinajstić information content (AvgIpc) is 3.50. The molecule has 2 aromatic heterocycles. The Labute approximate surface area is 216 Å². The zero-order chi connectivity index (χ0) is 25.1. The first kappa shape index (κ1) is 24.0.